The number of hydrogen-bond donors (Lipinski definition) is 1. The minimum atomic E-state index is -0.604. The van der Waals surface area contributed by atoms with Crippen LogP contribution in [0.2, 0.25) is 0 Å². The molecule has 0 spiro atoms. The van der Waals surface area contributed by atoms with E-state index in [1.165, 1.54) is 6.92 Å². The zero-order chi connectivity index (χ0) is 13.3. The molecule has 0 unspecified atom stereocenters. The van der Waals surface area contributed by atoms with Crippen LogP contribution in [0.25, 0.3) is 5.69 Å². The van der Waals surface area contributed by atoms with Gasteiger partial charge in [-0.25, -0.2) is 9.36 Å². The average Bonchev–Trinajstić information content (AvgIpc) is 2.31. The maximum Gasteiger partial charge on any atom is 0.333 e. The minimum absolute atomic E-state index is 0.0341. The molecule has 1 N–H and O–H groups in total. The number of carbonyl (C=O) groups is 1. The second-order valence-electron chi connectivity index (χ2n) is 3.68. The summed E-state index contributed by atoms with van der Waals surface area (Å²) in [5.74, 6) is -0.379. The Labute approximate surface area is 116 Å². The Morgan fingerprint density at radius 1 is 1.22 bits per heavy atom. The van der Waals surface area contributed by atoms with Crippen LogP contribution in [0, 0.1) is 3.57 Å². The van der Waals surface area contributed by atoms with Crippen LogP contribution < -0.4 is 11.2 Å². The number of ketones is 1. The number of aromatic nitrogens is 2. The number of rotatable bonds is 2. The van der Waals surface area contributed by atoms with E-state index in [-0.39, 0.29) is 11.3 Å². The van der Waals surface area contributed by atoms with E-state index in [9.17, 15) is 14.4 Å². The number of nitrogens with one attached hydrogen (secondary N) is 1. The van der Waals surface area contributed by atoms with Crippen molar-refractivity contribution < 1.29 is 4.79 Å². The first-order chi connectivity index (χ1) is 8.50. The van der Waals surface area contributed by atoms with Crippen LogP contribution in [0.4, 0.5) is 0 Å². The van der Waals surface area contributed by atoms with Gasteiger partial charge in [0.25, 0.3) is 5.56 Å². The third-order valence-corrected chi connectivity index (χ3v) is 3.16. The van der Waals surface area contributed by atoms with E-state index < -0.39 is 11.2 Å². The summed E-state index contributed by atoms with van der Waals surface area (Å²) in [6.45, 7) is 1.29. The first-order valence-corrected chi connectivity index (χ1v) is 6.20. The van der Waals surface area contributed by atoms with Crippen molar-refractivity contribution in [1.29, 1.82) is 0 Å². The van der Waals surface area contributed by atoms with Gasteiger partial charge in [0.1, 0.15) is 0 Å². The lowest BCUT2D eigenvalue weighted by molar-refractivity contribution is 0.101. The molecule has 2 aromatic rings. The largest absolute Gasteiger partial charge is 0.333 e. The molecule has 0 aliphatic carbocycles. The predicted molar refractivity (Wildman–Crippen MR) is 75.4 cm³/mol. The summed E-state index contributed by atoms with van der Waals surface area (Å²) >= 11 is 2.12. The van der Waals surface area contributed by atoms with Crippen LogP contribution in [0.1, 0.15) is 17.3 Å². The van der Waals surface area contributed by atoms with Crippen LogP contribution in [0.3, 0.4) is 0 Å². The third-order valence-electron chi connectivity index (χ3n) is 2.44. The SMILES string of the molecule is CC(=O)c1c[nH]c(=O)n(-c2ccc(I)cc2)c1=O. The van der Waals surface area contributed by atoms with Gasteiger partial charge in [0, 0.05) is 9.77 Å². The molecule has 0 bridgehead atoms. The van der Waals surface area contributed by atoms with Gasteiger partial charge < -0.3 is 4.98 Å². The molecule has 1 aromatic heterocycles. The Hall–Kier alpha value is -1.70. The molecule has 0 saturated carbocycles. The van der Waals surface area contributed by atoms with Gasteiger partial charge in [-0.3, -0.25) is 9.59 Å². The average molecular weight is 356 g/mol. The molecule has 0 radical (unpaired) electrons. The molecule has 5 nitrogen and oxygen atoms in total. The zero-order valence-corrected chi connectivity index (χ0v) is 11.6. The van der Waals surface area contributed by atoms with Gasteiger partial charge in [-0.15, -0.1) is 0 Å². The first-order valence-electron chi connectivity index (χ1n) is 5.12. The number of H-pyrrole nitrogens is 1. The van der Waals surface area contributed by atoms with Crippen molar-refractivity contribution >= 4 is 28.4 Å². The summed E-state index contributed by atoms with van der Waals surface area (Å²) in [7, 11) is 0. The number of hydrogen-bond acceptors (Lipinski definition) is 3. The Morgan fingerprint density at radius 3 is 2.39 bits per heavy atom. The highest BCUT2D eigenvalue weighted by Gasteiger charge is 2.12. The second kappa shape index (κ2) is 4.89. The lowest BCUT2D eigenvalue weighted by atomic mass is 10.2. The Balaban J connectivity index is 2.75. The fraction of sp³-hybridized carbons (Fsp3) is 0.0833. The summed E-state index contributed by atoms with van der Waals surface area (Å²) in [5, 5.41) is 0. The summed E-state index contributed by atoms with van der Waals surface area (Å²) < 4.78 is 1.94. The first kappa shape index (κ1) is 12.7. The normalized spacial score (nSPS) is 10.3. The van der Waals surface area contributed by atoms with E-state index >= 15 is 0 Å². The van der Waals surface area contributed by atoms with Gasteiger partial charge in [-0.1, -0.05) is 0 Å². The van der Waals surface area contributed by atoms with Gasteiger partial charge >= 0.3 is 5.69 Å². The Bertz CT molecular complexity index is 713. The van der Waals surface area contributed by atoms with E-state index in [0.29, 0.717) is 5.69 Å². The molecule has 92 valence electrons. The van der Waals surface area contributed by atoms with Crippen LogP contribution in [-0.2, 0) is 0 Å². The number of aromatic amines is 1. The molecular weight excluding hydrogens is 347 g/mol. The molecular formula is C12H9IN2O3. The predicted octanol–water partition coefficient (Wildman–Crippen LogP) is 1.33. The van der Waals surface area contributed by atoms with E-state index in [4.69, 9.17) is 0 Å². The highest BCUT2D eigenvalue weighted by Crippen LogP contribution is 2.08. The zero-order valence-electron chi connectivity index (χ0n) is 9.44. The second-order valence-corrected chi connectivity index (χ2v) is 4.93. The molecule has 0 atom stereocenters. The molecule has 0 aliphatic heterocycles. The van der Waals surface area contributed by atoms with Crippen molar-refractivity contribution in [2.24, 2.45) is 0 Å². The highest BCUT2D eigenvalue weighted by molar-refractivity contribution is 14.1. The topological polar surface area (TPSA) is 71.9 Å². The number of carbonyl (C=O) groups excluding carboxylic acids is 1. The molecule has 2 rings (SSSR count). The Morgan fingerprint density at radius 2 is 1.83 bits per heavy atom. The summed E-state index contributed by atoms with van der Waals surface area (Å²) in [5.41, 5.74) is -0.767. The van der Waals surface area contributed by atoms with Gasteiger partial charge in [-0.2, -0.15) is 0 Å². The van der Waals surface area contributed by atoms with Crippen LogP contribution in [0.15, 0.2) is 40.1 Å². The fourth-order valence-corrected chi connectivity index (χ4v) is 1.91. The molecule has 0 saturated heterocycles. The van der Waals surface area contributed by atoms with Crippen LogP contribution in [0.5, 0.6) is 0 Å². The van der Waals surface area contributed by atoms with Crippen LogP contribution in [-0.4, -0.2) is 15.3 Å². The van der Waals surface area contributed by atoms with E-state index in [2.05, 4.69) is 27.6 Å². The number of benzene rings is 1. The molecule has 6 heteroatoms. The van der Waals surface area contributed by atoms with E-state index in [1.54, 1.807) is 24.3 Å². The standard InChI is InChI=1S/C12H9IN2O3/c1-7(16)10-6-14-12(18)15(11(10)17)9-4-2-8(13)3-5-9/h2-6H,1H3,(H,14,18). The van der Waals surface area contributed by atoms with Crippen LogP contribution >= 0.6 is 22.6 Å². The van der Waals surface area contributed by atoms with Gasteiger partial charge in [-0.05, 0) is 53.8 Å². The number of Topliss-reactive ketones (excluding diaryl/α,β-unsaturated/α-hetero) is 1. The molecule has 0 amide bonds. The monoisotopic (exact) mass is 356 g/mol. The van der Waals surface area contributed by atoms with Crippen molar-refractivity contribution in [1.82, 2.24) is 9.55 Å². The number of nitrogens with zero attached hydrogens (tertiary/aromatic N) is 1. The highest BCUT2D eigenvalue weighted by atomic mass is 127. The molecule has 18 heavy (non-hydrogen) atoms. The van der Waals surface area contributed by atoms with Crippen molar-refractivity contribution in [2.75, 3.05) is 0 Å². The summed E-state index contributed by atoms with van der Waals surface area (Å²) in [4.78, 5) is 37.4. The van der Waals surface area contributed by atoms with Gasteiger partial charge in [0.05, 0.1) is 11.3 Å². The minimum Gasteiger partial charge on any atom is -0.313 e. The van der Waals surface area contributed by atoms with Gasteiger partial charge in [0.2, 0.25) is 0 Å². The molecule has 0 fully saturated rings. The van der Waals surface area contributed by atoms with Gasteiger partial charge in [0.15, 0.2) is 5.78 Å². The molecule has 1 aromatic carbocycles. The lowest BCUT2D eigenvalue weighted by Crippen LogP contribution is -2.36. The van der Waals surface area contributed by atoms with Crippen molar-refractivity contribution in [3.8, 4) is 5.69 Å². The quantitative estimate of drug-likeness (QED) is 0.652. The third kappa shape index (κ3) is 2.28. The van der Waals surface area contributed by atoms with Crippen molar-refractivity contribution in [2.45, 2.75) is 6.92 Å². The molecule has 0 aliphatic rings. The molecule has 1 heterocycles. The fourth-order valence-electron chi connectivity index (χ4n) is 1.55. The van der Waals surface area contributed by atoms with E-state index in [1.807, 2.05) is 0 Å². The smallest absolute Gasteiger partial charge is 0.313 e. The van der Waals surface area contributed by atoms with Crippen molar-refractivity contribution in [3.63, 3.8) is 0 Å². The lowest BCUT2D eigenvalue weighted by Gasteiger charge is -2.05. The number of halogens is 1. The maximum atomic E-state index is 12.0. The summed E-state index contributed by atoms with van der Waals surface area (Å²) in [6, 6.07) is 6.87. The van der Waals surface area contributed by atoms with E-state index in [0.717, 1.165) is 14.3 Å². The van der Waals surface area contributed by atoms with Crippen molar-refractivity contribution in [3.05, 3.63) is 60.4 Å². The maximum absolute atomic E-state index is 12.0. The Kier molecular flexibility index (Phi) is 3.46. The summed E-state index contributed by atoms with van der Waals surface area (Å²) in [6.07, 6.45) is 1.15.